The van der Waals surface area contributed by atoms with E-state index in [0.717, 1.165) is 0 Å². The van der Waals surface area contributed by atoms with E-state index in [0.29, 0.717) is 5.69 Å². The van der Waals surface area contributed by atoms with E-state index >= 15 is 0 Å². The Morgan fingerprint density at radius 2 is 1.67 bits per heavy atom. The Hall–Kier alpha value is -2.00. The minimum absolute atomic E-state index is 0.189. The van der Waals surface area contributed by atoms with Crippen molar-refractivity contribution in [2.45, 2.75) is 0 Å². The van der Waals surface area contributed by atoms with Crippen LogP contribution in [-0.2, 0) is 9.59 Å². The molecule has 0 bridgehead atoms. The number of allylic oxidation sites excluding steroid dienone is 3. The van der Waals surface area contributed by atoms with E-state index in [1.165, 1.54) is 18.2 Å². The van der Waals surface area contributed by atoms with E-state index < -0.39 is 0 Å². The van der Waals surface area contributed by atoms with Crippen molar-refractivity contribution in [2.24, 2.45) is 0 Å². The summed E-state index contributed by atoms with van der Waals surface area (Å²) >= 11 is 0. The predicted octanol–water partition coefficient (Wildman–Crippen LogP) is 1.51. The average molecular weight is 198 g/mol. The van der Waals surface area contributed by atoms with Crippen molar-refractivity contribution >= 4 is 17.3 Å². The second kappa shape index (κ2) is 4.02. The topological polar surface area (TPSA) is 48.2 Å². The maximum atomic E-state index is 11.3. The summed E-state index contributed by atoms with van der Waals surface area (Å²) < 4.78 is 0. The third kappa shape index (κ3) is 2.27. The first-order valence-electron chi connectivity index (χ1n) is 4.50. The van der Waals surface area contributed by atoms with Crippen molar-refractivity contribution in [3.8, 4) is 0 Å². The molecule has 72 valence electrons. The first-order chi connectivity index (χ1) is 7.25. The van der Waals surface area contributed by atoms with E-state index in [1.54, 1.807) is 12.1 Å². The number of carbonyl (C=O) groups is 2. The second-order valence-corrected chi connectivity index (χ2v) is 3.08. The Labute approximate surface area is 87.1 Å². The lowest BCUT2D eigenvalue weighted by Crippen LogP contribution is -2.13. The summed E-state index contributed by atoms with van der Waals surface area (Å²) in [6, 6.07) is 9.06. The van der Waals surface area contributed by atoms with Gasteiger partial charge < -0.3 is 0 Å². The zero-order valence-corrected chi connectivity index (χ0v) is 7.88. The van der Waals surface area contributed by atoms with Gasteiger partial charge in [-0.05, 0) is 12.2 Å². The van der Waals surface area contributed by atoms with Crippen LogP contribution in [0.1, 0.15) is 0 Å². The molecule has 0 saturated carbocycles. The van der Waals surface area contributed by atoms with E-state index in [4.69, 9.17) is 0 Å². The van der Waals surface area contributed by atoms with Gasteiger partial charge in [0.1, 0.15) is 0 Å². The maximum Gasteiger partial charge on any atom is 0.304 e. The number of ketones is 2. The van der Waals surface area contributed by atoms with Gasteiger partial charge in [0.15, 0.2) is 11.1 Å². The second-order valence-electron chi connectivity index (χ2n) is 3.08. The van der Waals surface area contributed by atoms with E-state index in [1.807, 2.05) is 18.2 Å². The first kappa shape index (κ1) is 9.55. The molecule has 0 atom stereocenters. The largest absolute Gasteiger partial charge is 0.304 e. The highest BCUT2D eigenvalue weighted by atomic mass is 16.1. The molecule has 0 saturated heterocycles. The highest BCUT2D eigenvalue weighted by molar-refractivity contribution is 6.17. The molecule has 1 aliphatic rings. The minimum atomic E-state index is -0.238. The third-order valence-electron chi connectivity index (χ3n) is 1.94. The van der Waals surface area contributed by atoms with Crippen molar-refractivity contribution in [1.82, 2.24) is 5.32 Å². The molecule has 1 aromatic rings. The van der Waals surface area contributed by atoms with Crippen molar-refractivity contribution < 1.29 is 9.59 Å². The fraction of sp³-hybridized carbons (Fsp3) is 0. The summed E-state index contributed by atoms with van der Waals surface area (Å²) in [5.41, 5.74) is 0.855. The van der Waals surface area contributed by atoms with Gasteiger partial charge in [-0.2, -0.15) is 0 Å². The van der Waals surface area contributed by atoms with Crippen LogP contribution in [0.2, 0.25) is 0 Å². The van der Waals surface area contributed by atoms with Gasteiger partial charge in [-0.1, -0.05) is 18.2 Å². The van der Waals surface area contributed by atoms with Crippen molar-refractivity contribution in [3.63, 3.8) is 0 Å². The zero-order valence-electron chi connectivity index (χ0n) is 7.88. The summed E-state index contributed by atoms with van der Waals surface area (Å²) in [5.74, 6) is -0.442. The Bertz CT molecular complexity index is 458. The molecule has 0 spiro atoms. The highest BCUT2D eigenvalue weighted by Crippen LogP contribution is 2.12. The van der Waals surface area contributed by atoms with Gasteiger partial charge in [-0.15, -0.1) is 0 Å². The van der Waals surface area contributed by atoms with Crippen LogP contribution in [-0.4, -0.2) is 11.6 Å². The summed E-state index contributed by atoms with van der Waals surface area (Å²) in [6.07, 6.45) is 3.73. The maximum absolute atomic E-state index is 11.3. The minimum Gasteiger partial charge on any atom is -0.290 e. The predicted molar refractivity (Wildman–Crippen MR) is 55.5 cm³/mol. The fourth-order valence-corrected chi connectivity index (χ4v) is 1.23. The zero-order chi connectivity index (χ0) is 10.7. The van der Waals surface area contributed by atoms with Crippen LogP contribution < -0.4 is 5.32 Å². The van der Waals surface area contributed by atoms with Crippen LogP contribution >= 0.6 is 0 Å². The monoisotopic (exact) mass is 198 g/mol. The Morgan fingerprint density at radius 3 is 2.40 bits per heavy atom. The highest BCUT2D eigenvalue weighted by Gasteiger charge is 2.26. The lowest BCUT2D eigenvalue weighted by molar-refractivity contribution is -0.114. The summed E-state index contributed by atoms with van der Waals surface area (Å²) in [6.45, 7) is 0. The Balaban J connectivity index is 2.19. The summed E-state index contributed by atoms with van der Waals surface area (Å²) in [7, 11) is 0. The van der Waals surface area contributed by atoms with Gasteiger partial charge in [0.25, 0.3) is 11.5 Å². The quantitative estimate of drug-likeness (QED) is 0.676. The van der Waals surface area contributed by atoms with Gasteiger partial charge in [0.05, 0.1) is 6.08 Å². The van der Waals surface area contributed by atoms with E-state index in [2.05, 4.69) is 5.32 Å². The van der Waals surface area contributed by atoms with Gasteiger partial charge in [-0.3, -0.25) is 9.59 Å². The number of para-hydroxylation sites is 1. The van der Waals surface area contributed by atoms with Crippen LogP contribution in [0.3, 0.4) is 0 Å². The third-order valence-corrected chi connectivity index (χ3v) is 1.94. The number of nitrogens with zero attached hydrogens (tertiary/aromatic N) is 1. The Kier molecular flexibility index (Phi) is 2.56. The molecule has 1 aliphatic carbocycles. The van der Waals surface area contributed by atoms with Gasteiger partial charge >= 0.3 is 5.70 Å². The molecule has 0 heterocycles. The van der Waals surface area contributed by atoms with E-state index in [-0.39, 0.29) is 17.3 Å². The molecule has 0 fully saturated rings. The molecule has 1 aromatic carbocycles. The Morgan fingerprint density at radius 1 is 0.933 bits per heavy atom. The number of hydrogen-bond donors (Lipinski definition) is 0. The normalized spacial score (nSPS) is 15.3. The van der Waals surface area contributed by atoms with Crippen LogP contribution in [0.25, 0.3) is 0 Å². The SMILES string of the molecule is O=C1C=CC(=O)C([N+]c2ccccc2)=C1. The molecular weight excluding hydrogens is 190 g/mol. The van der Waals surface area contributed by atoms with Crippen LogP contribution in [0.5, 0.6) is 0 Å². The molecule has 15 heavy (non-hydrogen) atoms. The molecular formula is C12H8NO2+. The lowest BCUT2D eigenvalue weighted by atomic mass is 10.1. The van der Waals surface area contributed by atoms with Crippen LogP contribution in [0.4, 0.5) is 5.69 Å². The number of hydrogen-bond acceptors (Lipinski definition) is 2. The summed E-state index contributed by atoms with van der Waals surface area (Å²) in [4.78, 5) is 22.4. The number of carbonyl (C=O) groups excluding carboxylic acids is 2. The van der Waals surface area contributed by atoms with Crippen molar-refractivity contribution in [1.29, 1.82) is 0 Å². The summed E-state index contributed by atoms with van der Waals surface area (Å²) in [5, 5.41) is 4.09. The molecule has 3 nitrogen and oxygen atoms in total. The standard InChI is InChI=1S/C12H8NO2/c14-10-6-7-12(15)11(8-10)13-9-4-2-1-3-5-9/h1-8H/q+1. The van der Waals surface area contributed by atoms with Crippen LogP contribution in [0.15, 0.2) is 54.3 Å². The molecule has 2 rings (SSSR count). The fourth-order valence-electron chi connectivity index (χ4n) is 1.23. The molecule has 0 amide bonds. The van der Waals surface area contributed by atoms with Gasteiger partial charge in [0.2, 0.25) is 0 Å². The van der Waals surface area contributed by atoms with Crippen molar-refractivity contribution in [3.05, 3.63) is 54.3 Å². The first-order valence-corrected chi connectivity index (χ1v) is 4.50. The molecule has 0 N–H and O–H groups in total. The number of benzene rings is 1. The van der Waals surface area contributed by atoms with Gasteiger partial charge in [0, 0.05) is 12.1 Å². The number of rotatable bonds is 2. The molecule has 3 heteroatoms. The van der Waals surface area contributed by atoms with Gasteiger partial charge in [-0.25, -0.2) is 0 Å². The molecule has 0 unspecified atom stereocenters. The van der Waals surface area contributed by atoms with Crippen molar-refractivity contribution in [2.75, 3.05) is 0 Å². The molecule has 2 radical (unpaired) electrons. The van der Waals surface area contributed by atoms with Crippen LogP contribution in [0, 0.1) is 0 Å². The smallest absolute Gasteiger partial charge is 0.290 e. The van der Waals surface area contributed by atoms with E-state index in [9.17, 15) is 9.59 Å². The average Bonchev–Trinajstić information content (AvgIpc) is 2.25. The molecule has 0 aromatic heterocycles. The molecule has 0 aliphatic heterocycles. The lowest BCUT2D eigenvalue weighted by Gasteiger charge is -1.93.